The minimum absolute atomic E-state index is 0.0701. The number of aryl methyl sites for hydroxylation is 1. The molecule has 7 nitrogen and oxygen atoms in total. The lowest BCUT2D eigenvalue weighted by atomic mass is 10.1. The number of nitrogens with one attached hydrogen (secondary N) is 2. The first-order valence-electron chi connectivity index (χ1n) is 11.8. The highest BCUT2D eigenvalue weighted by molar-refractivity contribution is 7.99. The van der Waals surface area contributed by atoms with Gasteiger partial charge in [0, 0.05) is 43.1 Å². The van der Waals surface area contributed by atoms with Gasteiger partial charge in [-0.25, -0.2) is 13.9 Å². The molecule has 0 unspecified atom stereocenters. The van der Waals surface area contributed by atoms with Gasteiger partial charge in [-0.1, -0.05) is 12.1 Å². The third-order valence-electron chi connectivity index (χ3n) is 6.33. The van der Waals surface area contributed by atoms with E-state index >= 15 is 0 Å². The number of nitrogens with zero attached hydrogens (tertiary/aromatic N) is 3. The number of benzene rings is 3. The molecule has 5 rings (SSSR count). The lowest BCUT2D eigenvalue weighted by molar-refractivity contribution is -0.683. The average Bonchev–Trinajstić information content (AvgIpc) is 3.23. The van der Waals surface area contributed by atoms with E-state index in [2.05, 4.69) is 19.8 Å². The van der Waals surface area contributed by atoms with Crippen LogP contribution < -0.4 is 14.8 Å². The highest BCUT2D eigenvalue weighted by atomic mass is 32.2. The molecule has 0 atom stereocenters. The van der Waals surface area contributed by atoms with Crippen molar-refractivity contribution >= 4 is 46.0 Å². The highest BCUT2D eigenvalue weighted by Gasteiger charge is 2.22. The summed E-state index contributed by atoms with van der Waals surface area (Å²) in [5.74, 6) is -0.198. The zero-order valence-electron chi connectivity index (χ0n) is 19.9. The number of rotatable bonds is 6. The Balaban J connectivity index is 1.11. The summed E-state index contributed by atoms with van der Waals surface area (Å²) in [6, 6.07) is 21.5. The maximum Gasteiger partial charge on any atom is 0.317 e. The van der Waals surface area contributed by atoms with Crippen molar-refractivity contribution in [3.63, 3.8) is 0 Å². The summed E-state index contributed by atoms with van der Waals surface area (Å²) >= 11 is 1.46. The largest absolute Gasteiger partial charge is 0.368 e. The standard InChI is InChI=1S/C27H26FN5O2S/c1-31-24-5-3-2-4-23(24)30-27(31)36-18-25(34)29-21-10-12-22(13-11-21)32-14-16-33(17-15-32)26(35)19-6-8-20(28)9-7-19/h2-13H,14-18H2,1H3,(H,29,34)/p+1. The Labute approximate surface area is 212 Å². The smallest absolute Gasteiger partial charge is 0.317 e. The van der Waals surface area contributed by atoms with Crippen LogP contribution in [-0.4, -0.2) is 53.6 Å². The summed E-state index contributed by atoms with van der Waals surface area (Å²) in [6.45, 7) is 2.60. The Morgan fingerprint density at radius 1 is 0.972 bits per heavy atom. The molecule has 0 aliphatic carbocycles. The molecule has 1 aliphatic rings. The van der Waals surface area contributed by atoms with Crippen LogP contribution in [0.4, 0.5) is 15.8 Å². The van der Waals surface area contributed by atoms with E-state index in [0.29, 0.717) is 37.5 Å². The van der Waals surface area contributed by atoms with Gasteiger partial charge in [0.1, 0.15) is 5.82 Å². The molecule has 1 aliphatic heterocycles. The molecule has 2 N–H and O–H groups in total. The zero-order valence-corrected chi connectivity index (χ0v) is 20.7. The van der Waals surface area contributed by atoms with Gasteiger partial charge in [0.2, 0.25) is 5.91 Å². The molecule has 1 aromatic heterocycles. The van der Waals surface area contributed by atoms with E-state index in [1.807, 2.05) is 55.6 Å². The first kappa shape index (κ1) is 23.9. The third-order valence-corrected chi connectivity index (χ3v) is 7.38. The number of para-hydroxylation sites is 2. The number of thioether (sulfide) groups is 1. The van der Waals surface area contributed by atoms with E-state index in [9.17, 15) is 14.0 Å². The van der Waals surface area contributed by atoms with Crippen molar-refractivity contribution in [1.82, 2.24) is 9.88 Å². The molecule has 2 heterocycles. The summed E-state index contributed by atoms with van der Waals surface area (Å²) in [5, 5.41) is 3.89. The molecule has 0 radical (unpaired) electrons. The molecule has 4 aromatic rings. The van der Waals surface area contributed by atoms with Crippen molar-refractivity contribution in [3.8, 4) is 0 Å². The maximum absolute atomic E-state index is 13.1. The number of fused-ring (bicyclic) bond motifs is 1. The van der Waals surface area contributed by atoms with E-state index in [1.165, 1.54) is 36.0 Å². The van der Waals surface area contributed by atoms with Crippen LogP contribution in [0.5, 0.6) is 0 Å². The van der Waals surface area contributed by atoms with Crippen molar-refractivity contribution < 1.29 is 18.5 Å². The number of H-pyrrole nitrogens is 1. The Hall–Kier alpha value is -3.85. The Kier molecular flexibility index (Phi) is 6.90. The van der Waals surface area contributed by atoms with Crippen molar-refractivity contribution in [2.75, 3.05) is 42.1 Å². The van der Waals surface area contributed by atoms with Gasteiger partial charge in [-0.3, -0.25) is 9.59 Å². The van der Waals surface area contributed by atoms with Crippen molar-refractivity contribution in [2.24, 2.45) is 7.05 Å². The molecule has 184 valence electrons. The average molecular weight is 505 g/mol. The Morgan fingerprint density at radius 3 is 2.36 bits per heavy atom. The normalized spacial score (nSPS) is 13.7. The van der Waals surface area contributed by atoms with E-state index in [1.54, 1.807) is 4.90 Å². The van der Waals surface area contributed by atoms with E-state index in [-0.39, 0.29) is 17.6 Å². The number of piperazine rings is 1. The van der Waals surface area contributed by atoms with Crippen LogP contribution in [0.1, 0.15) is 10.4 Å². The lowest BCUT2D eigenvalue weighted by Crippen LogP contribution is -2.48. The monoisotopic (exact) mass is 504 g/mol. The molecular weight excluding hydrogens is 477 g/mol. The summed E-state index contributed by atoms with van der Waals surface area (Å²) in [4.78, 5) is 32.5. The van der Waals surface area contributed by atoms with Gasteiger partial charge in [-0.15, -0.1) is 0 Å². The first-order valence-corrected chi connectivity index (χ1v) is 12.8. The number of aromatic amines is 1. The number of amides is 2. The molecule has 9 heteroatoms. The van der Waals surface area contributed by atoms with Crippen LogP contribution in [0.25, 0.3) is 11.0 Å². The predicted octanol–water partition coefficient (Wildman–Crippen LogP) is 3.82. The van der Waals surface area contributed by atoms with Gasteiger partial charge in [0.15, 0.2) is 11.0 Å². The van der Waals surface area contributed by atoms with Crippen molar-refractivity contribution in [2.45, 2.75) is 5.16 Å². The molecule has 1 fully saturated rings. The molecule has 2 amide bonds. The fourth-order valence-corrected chi connectivity index (χ4v) is 5.16. The number of halogens is 1. The van der Waals surface area contributed by atoms with Gasteiger partial charge in [0.05, 0.1) is 12.8 Å². The minimum Gasteiger partial charge on any atom is -0.368 e. The summed E-state index contributed by atoms with van der Waals surface area (Å²) in [6.07, 6.45) is 0. The quantitative estimate of drug-likeness (QED) is 0.309. The zero-order chi connectivity index (χ0) is 25.1. The van der Waals surface area contributed by atoms with Crippen LogP contribution in [0.15, 0.2) is 78.0 Å². The number of anilines is 2. The molecule has 0 spiro atoms. The minimum atomic E-state index is -0.349. The molecule has 0 bridgehead atoms. The second kappa shape index (κ2) is 10.4. The second-order valence-corrected chi connectivity index (χ2v) is 9.64. The summed E-state index contributed by atoms with van der Waals surface area (Å²) in [7, 11) is 1.98. The number of hydrogen-bond acceptors (Lipinski definition) is 4. The van der Waals surface area contributed by atoms with Crippen LogP contribution >= 0.6 is 11.8 Å². The number of carbonyl (C=O) groups is 2. The van der Waals surface area contributed by atoms with Crippen LogP contribution in [-0.2, 0) is 11.8 Å². The summed E-state index contributed by atoms with van der Waals surface area (Å²) < 4.78 is 15.2. The maximum atomic E-state index is 13.1. The predicted molar refractivity (Wildman–Crippen MR) is 140 cm³/mol. The number of carbonyl (C=O) groups excluding carboxylic acids is 2. The van der Waals surface area contributed by atoms with Gasteiger partial charge in [-0.2, -0.15) is 0 Å². The van der Waals surface area contributed by atoms with Gasteiger partial charge < -0.3 is 15.1 Å². The van der Waals surface area contributed by atoms with Crippen molar-refractivity contribution in [1.29, 1.82) is 0 Å². The van der Waals surface area contributed by atoms with Crippen LogP contribution in [0.2, 0.25) is 0 Å². The fourth-order valence-electron chi connectivity index (χ4n) is 4.34. The Bertz CT molecular complexity index is 1380. The van der Waals surface area contributed by atoms with E-state index in [4.69, 9.17) is 0 Å². The lowest BCUT2D eigenvalue weighted by Gasteiger charge is -2.36. The highest BCUT2D eigenvalue weighted by Crippen LogP contribution is 2.21. The third kappa shape index (κ3) is 5.21. The van der Waals surface area contributed by atoms with Gasteiger partial charge >= 0.3 is 5.16 Å². The first-order chi connectivity index (χ1) is 17.5. The molecular formula is C27H27FN5O2S+. The van der Waals surface area contributed by atoms with E-state index in [0.717, 1.165) is 27.6 Å². The number of hydrogen-bond donors (Lipinski definition) is 2. The molecule has 3 aromatic carbocycles. The topological polar surface area (TPSA) is 72.3 Å². The van der Waals surface area contributed by atoms with Gasteiger partial charge in [-0.05, 0) is 72.4 Å². The second-order valence-electron chi connectivity index (χ2n) is 8.68. The molecule has 1 saturated heterocycles. The number of imidazole rings is 1. The Morgan fingerprint density at radius 2 is 1.67 bits per heavy atom. The van der Waals surface area contributed by atoms with Gasteiger partial charge in [0.25, 0.3) is 5.91 Å². The van der Waals surface area contributed by atoms with E-state index < -0.39 is 0 Å². The molecule has 36 heavy (non-hydrogen) atoms. The van der Waals surface area contributed by atoms with Crippen molar-refractivity contribution in [3.05, 3.63) is 84.2 Å². The fraction of sp³-hybridized carbons (Fsp3) is 0.222. The van der Waals surface area contributed by atoms with Crippen LogP contribution in [0, 0.1) is 5.82 Å². The SMILES string of the molecule is C[n+]1c(SCC(=O)Nc2ccc(N3CCN(C(=O)c4ccc(F)cc4)CC3)cc2)[nH]c2ccccc21. The summed E-state index contributed by atoms with van der Waals surface area (Å²) in [5.41, 5.74) is 4.43. The number of aromatic nitrogens is 2. The van der Waals surface area contributed by atoms with Crippen LogP contribution in [0.3, 0.4) is 0 Å². The molecule has 0 saturated carbocycles.